The van der Waals surface area contributed by atoms with Gasteiger partial charge in [-0.15, -0.1) is 15.3 Å². The molecule has 4 aromatic rings. The average Bonchev–Trinajstić information content (AvgIpc) is 3.18. The van der Waals surface area contributed by atoms with Crippen molar-refractivity contribution in [1.82, 2.24) is 30.4 Å². The van der Waals surface area contributed by atoms with Gasteiger partial charge in [0.15, 0.2) is 5.01 Å². The fourth-order valence-electron chi connectivity index (χ4n) is 2.97. The van der Waals surface area contributed by atoms with Crippen molar-refractivity contribution in [2.24, 2.45) is 0 Å². The largest absolute Gasteiger partial charge is 0.264 e. The van der Waals surface area contributed by atoms with Gasteiger partial charge < -0.3 is 0 Å². The van der Waals surface area contributed by atoms with E-state index in [4.69, 9.17) is 4.98 Å². The van der Waals surface area contributed by atoms with Crippen molar-refractivity contribution < 1.29 is 0 Å². The molecule has 5 rings (SSSR count). The lowest BCUT2D eigenvalue weighted by molar-refractivity contribution is 0.883. The molecule has 0 saturated carbocycles. The molecule has 0 fully saturated rings. The highest BCUT2D eigenvalue weighted by molar-refractivity contribution is 7.17. The van der Waals surface area contributed by atoms with Crippen molar-refractivity contribution in [1.29, 1.82) is 0 Å². The Morgan fingerprint density at radius 3 is 2.56 bits per heavy atom. The first kappa shape index (κ1) is 14.3. The van der Waals surface area contributed by atoms with E-state index in [9.17, 15) is 0 Å². The summed E-state index contributed by atoms with van der Waals surface area (Å²) in [5, 5.41) is 18.5. The topological polar surface area (TPSA) is 77.3 Å². The molecule has 25 heavy (non-hydrogen) atoms. The Labute approximate surface area is 147 Å². The Bertz CT molecular complexity index is 1060. The van der Waals surface area contributed by atoms with Gasteiger partial charge in [0.1, 0.15) is 16.4 Å². The van der Waals surface area contributed by atoms with Gasteiger partial charge in [-0.1, -0.05) is 17.4 Å². The first-order chi connectivity index (χ1) is 12.4. The van der Waals surface area contributed by atoms with E-state index in [0.29, 0.717) is 0 Å². The van der Waals surface area contributed by atoms with Crippen molar-refractivity contribution in [3.05, 3.63) is 60.0 Å². The van der Waals surface area contributed by atoms with Gasteiger partial charge in [0, 0.05) is 24.2 Å². The standard InChI is InChI=1S/C18H12N6S/c1-2-13(10-19-8-1)17-23-24-18(25-17)14-6-5-11-3-4-12-7-9-20-22-16(12)15(11)21-14/h1-2,5-10H,3-4H2. The molecular weight excluding hydrogens is 332 g/mol. The zero-order valence-corrected chi connectivity index (χ0v) is 13.9. The molecule has 0 N–H and O–H groups in total. The first-order valence-corrected chi connectivity index (χ1v) is 8.75. The summed E-state index contributed by atoms with van der Waals surface area (Å²) in [7, 11) is 0. The molecule has 0 saturated heterocycles. The van der Waals surface area contributed by atoms with E-state index in [0.717, 1.165) is 45.5 Å². The van der Waals surface area contributed by atoms with E-state index in [1.165, 1.54) is 22.5 Å². The summed E-state index contributed by atoms with van der Waals surface area (Å²) in [6, 6.07) is 10.0. The Hall–Kier alpha value is -3.06. The molecule has 4 heterocycles. The van der Waals surface area contributed by atoms with E-state index >= 15 is 0 Å². The van der Waals surface area contributed by atoms with Gasteiger partial charge >= 0.3 is 0 Å². The molecule has 4 aromatic heterocycles. The van der Waals surface area contributed by atoms with Gasteiger partial charge in [-0.25, -0.2) is 4.98 Å². The van der Waals surface area contributed by atoms with Crippen molar-refractivity contribution in [3.8, 4) is 32.7 Å². The summed E-state index contributed by atoms with van der Waals surface area (Å²) in [6.07, 6.45) is 7.21. The molecule has 1 aliphatic rings. The SMILES string of the molecule is c1cncc(-c2nnc(-c3ccc4c(n3)-c3nnccc3CC4)s2)c1. The fraction of sp³-hybridized carbons (Fsp3) is 0.111. The summed E-state index contributed by atoms with van der Waals surface area (Å²) < 4.78 is 0. The third-order valence-corrected chi connectivity index (χ3v) is 5.22. The van der Waals surface area contributed by atoms with Crippen LogP contribution < -0.4 is 0 Å². The Balaban J connectivity index is 1.58. The molecule has 6 nitrogen and oxygen atoms in total. The Morgan fingerprint density at radius 2 is 1.68 bits per heavy atom. The highest BCUT2D eigenvalue weighted by Crippen LogP contribution is 2.34. The molecule has 0 amide bonds. The monoisotopic (exact) mass is 344 g/mol. The zero-order chi connectivity index (χ0) is 16.6. The third-order valence-electron chi connectivity index (χ3n) is 4.22. The molecule has 0 aromatic carbocycles. The zero-order valence-electron chi connectivity index (χ0n) is 13.1. The molecule has 0 radical (unpaired) electrons. The van der Waals surface area contributed by atoms with Crippen LogP contribution in [-0.4, -0.2) is 30.4 Å². The molecule has 1 aliphatic carbocycles. The highest BCUT2D eigenvalue weighted by Gasteiger charge is 2.20. The number of rotatable bonds is 2. The molecule has 0 spiro atoms. The number of aryl methyl sites for hydroxylation is 2. The van der Waals surface area contributed by atoms with E-state index in [1.54, 1.807) is 18.6 Å². The number of hydrogen-bond donors (Lipinski definition) is 0. The number of aromatic nitrogens is 6. The van der Waals surface area contributed by atoms with Crippen LogP contribution in [0.2, 0.25) is 0 Å². The number of nitrogens with zero attached hydrogens (tertiary/aromatic N) is 6. The normalized spacial score (nSPS) is 12.5. The number of fused-ring (bicyclic) bond motifs is 3. The van der Waals surface area contributed by atoms with Crippen LogP contribution in [0.25, 0.3) is 32.7 Å². The molecule has 0 unspecified atom stereocenters. The average molecular weight is 344 g/mol. The first-order valence-electron chi connectivity index (χ1n) is 7.93. The van der Waals surface area contributed by atoms with E-state index in [1.807, 2.05) is 24.3 Å². The van der Waals surface area contributed by atoms with Crippen molar-refractivity contribution in [3.63, 3.8) is 0 Å². The predicted molar refractivity (Wildman–Crippen MR) is 94.8 cm³/mol. The van der Waals surface area contributed by atoms with Crippen LogP contribution in [0.4, 0.5) is 0 Å². The van der Waals surface area contributed by atoms with Crippen LogP contribution in [0.3, 0.4) is 0 Å². The molecule has 0 atom stereocenters. The van der Waals surface area contributed by atoms with Gasteiger partial charge in [-0.3, -0.25) is 4.98 Å². The predicted octanol–water partition coefficient (Wildman–Crippen LogP) is 3.22. The summed E-state index contributed by atoms with van der Waals surface area (Å²) in [4.78, 5) is 8.96. The quantitative estimate of drug-likeness (QED) is 0.556. The summed E-state index contributed by atoms with van der Waals surface area (Å²) in [5.41, 5.74) is 5.95. The van der Waals surface area contributed by atoms with E-state index < -0.39 is 0 Å². The minimum absolute atomic E-state index is 0.790. The lowest BCUT2D eigenvalue weighted by atomic mass is 9.93. The minimum Gasteiger partial charge on any atom is -0.264 e. The lowest BCUT2D eigenvalue weighted by Gasteiger charge is -2.17. The number of hydrogen-bond acceptors (Lipinski definition) is 7. The maximum atomic E-state index is 4.82. The van der Waals surface area contributed by atoms with Crippen molar-refractivity contribution in [2.45, 2.75) is 12.8 Å². The lowest BCUT2D eigenvalue weighted by Crippen LogP contribution is -2.08. The van der Waals surface area contributed by atoms with Crippen LogP contribution >= 0.6 is 11.3 Å². The van der Waals surface area contributed by atoms with Crippen LogP contribution in [0, 0.1) is 0 Å². The van der Waals surface area contributed by atoms with E-state index in [2.05, 4.69) is 31.4 Å². The van der Waals surface area contributed by atoms with E-state index in [-0.39, 0.29) is 0 Å². The Kier molecular flexibility index (Phi) is 3.31. The molecule has 0 aliphatic heterocycles. The second kappa shape index (κ2) is 5.78. The second-order valence-corrected chi connectivity index (χ2v) is 6.74. The molecular formula is C18H12N6S. The molecule has 120 valence electrons. The van der Waals surface area contributed by atoms with Gasteiger partial charge in [-0.05, 0) is 48.2 Å². The fourth-order valence-corrected chi connectivity index (χ4v) is 3.78. The van der Waals surface area contributed by atoms with Crippen LogP contribution in [0.1, 0.15) is 11.1 Å². The highest BCUT2D eigenvalue weighted by atomic mass is 32.1. The summed E-state index contributed by atoms with van der Waals surface area (Å²) >= 11 is 1.51. The van der Waals surface area contributed by atoms with Gasteiger partial charge in [0.2, 0.25) is 0 Å². The third kappa shape index (κ3) is 2.49. The second-order valence-electron chi connectivity index (χ2n) is 5.76. The Morgan fingerprint density at radius 1 is 0.800 bits per heavy atom. The molecule has 7 heteroatoms. The van der Waals surface area contributed by atoms with Crippen molar-refractivity contribution >= 4 is 11.3 Å². The summed E-state index contributed by atoms with van der Waals surface area (Å²) in [5.74, 6) is 0. The van der Waals surface area contributed by atoms with Crippen LogP contribution in [-0.2, 0) is 12.8 Å². The van der Waals surface area contributed by atoms with Gasteiger partial charge in [0.25, 0.3) is 0 Å². The smallest absolute Gasteiger partial charge is 0.166 e. The van der Waals surface area contributed by atoms with Crippen LogP contribution in [0.15, 0.2) is 48.9 Å². The molecule has 0 bridgehead atoms. The maximum absolute atomic E-state index is 4.82. The number of pyridine rings is 2. The minimum atomic E-state index is 0.790. The van der Waals surface area contributed by atoms with Crippen molar-refractivity contribution in [2.75, 3.05) is 0 Å². The van der Waals surface area contributed by atoms with Gasteiger partial charge in [-0.2, -0.15) is 5.10 Å². The van der Waals surface area contributed by atoms with Gasteiger partial charge in [0.05, 0.1) is 5.69 Å². The summed E-state index contributed by atoms with van der Waals surface area (Å²) in [6.45, 7) is 0. The maximum Gasteiger partial charge on any atom is 0.166 e. The van der Waals surface area contributed by atoms with Crippen LogP contribution in [0.5, 0.6) is 0 Å².